The van der Waals surface area contributed by atoms with E-state index in [9.17, 15) is 4.79 Å². The molecule has 6 nitrogen and oxygen atoms in total. The van der Waals surface area contributed by atoms with E-state index in [0.29, 0.717) is 36.8 Å². The second-order valence-electron chi connectivity index (χ2n) is 6.09. The third-order valence-electron chi connectivity index (χ3n) is 4.04. The standard InChI is InChI=1S/C18H22N4O2/c1-12-7-13(10-19)8-17(21-12)24-16-4-2-3-14(9-16)18(23)22-6-5-15(20)11-22/h2-4,7-9,15H,5-6,10-11,19-20H2,1H3/t15-/m1/s1. The zero-order valence-corrected chi connectivity index (χ0v) is 13.7. The van der Waals surface area contributed by atoms with Crippen molar-refractivity contribution in [2.24, 2.45) is 11.5 Å². The van der Waals surface area contributed by atoms with Gasteiger partial charge in [-0.25, -0.2) is 4.98 Å². The topological polar surface area (TPSA) is 94.5 Å². The molecule has 1 aromatic heterocycles. The Hall–Kier alpha value is -2.44. The Morgan fingerprint density at radius 3 is 2.92 bits per heavy atom. The van der Waals surface area contributed by atoms with Crippen molar-refractivity contribution in [3.8, 4) is 11.6 Å². The number of nitrogens with two attached hydrogens (primary N) is 2. The van der Waals surface area contributed by atoms with Crippen molar-refractivity contribution in [2.75, 3.05) is 13.1 Å². The van der Waals surface area contributed by atoms with E-state index in [-0.39, 0.29) is 11.9 Å². The van der Waals surface area contributed by atoms with Crippen LogP contribution in [-0.2, 0) is 6.54 Å². The molecule has 2 aromatic rings. The molecule has 0 unspecified atom stereocenters. The van der Waals surface area contributed by atoms with Crippen LogP contribution in [0.25, 0.3) is 0 Å². The van der Waals surface area contributed by atoms with Gasteiger partial charge in [0.1, 0.15) is 5.75 Å². The van der Waals surface area contributed by atoms with Crippen LogP contribution < -0.4 is 16.2 Å². The molecule has 1 aliphatic rings. The molecule has 0 aliphatic carbocycles. The summed E-state index contributed by atoms with van der Waals surface area (Å²) >= 11 is 0. The summed E-state index contributed by atoms with van der Waals surface area (Å²) in [4.78, 5) is 18.7. The highest BCUT2D eigenvalue weighted by molar-refractivity contribution is 5.94. The Morgan fingerprint density at radius 1 is 1.38 bits per heavy atom. The highest BCUT2D eigenvalue weighted by Crippen LogP contribution is 2.23. The van der Waals surface area contributed by atoms with Gasteiger partial charge >= 0.3 is 0 Å². The number of hydrogen-bond acceptors (Lipinski definition) is 5. The largest absolute Gasteiger partial charge is 0.439 e. The zero-order chi connectivity index (χ0) is 17.1. The number of aromatic nitrogens is 1. The van der Waals surface area contributed by atoms with Gasteiger partial charge in [0.25, 0.3) is 5.91 Å². The van der Waals surface area contributed by atoms with Crippen LogP contribution in [0.5, 0.6) is 11.6 Å². The predicted molar refractivity (Wildman–Crippen MR) is 91.9 cm³/mol. The van der Waals surface area contributed by atoms with Crippen LogP contribution in [0.4, 0.5) is 0 Å². The minimum atomic E-state index is -0.0201. The third-order valence-corrected chi connectivity index (χ3v) is 4.04. The molecule has 1 saturated heterocycles. The molecule has 1 atom stereocenters. The fraction of sp³-hybridized carbons (Fsp3) is 0.333. The lowest BCUT2D eigenvalue weighted by Gasteiger charge is -2.16. The summed E-state index contributed by atoms with van der Waals surface area (Å²) in [5, 5.41) is 0. The molecule has 4 N–H and O–H groups in total. The molecular formula is C18H22N4O2. The summed E-state index contributed by atoms with van der Waals surface area (Å²) in [5.74, 6) is 1.03. The van der Waals surface area contributed by atoms with Crippen LogP contribution in [0, 0.1) is 6.92 Å². The molecule has 0 bridgehead atoms. The lowest BCUT2D eigenvalue weighted by Crippen LogP contribution is -2.31. The number of hydrogen-bond donors (Lipinski definition) is 2. The Bertz CT molecular complexity index is 748. The van der Waals surface area contributed by atoms with Crippen LogP contribution in [0.1, 0.15) is 28.0 Å². The minimum Gasteiger partial charge on any atom is -0.439 e. The van der Waals surface area contributed by atoms with Crippen molar-refractivity contribution in [1.29, 1.82) is 0 Å². The van der Waals surface area contributed by atoms with Gasteiger partial charge in [-0.05, 0) is 43.2 Å². The zero-order valence-electron chi connectivity index (χ0n) is 13.7. The van der Waals surface area contributed by atoms with E-state index in [1.807, 2.05) is 13.0 Å². The normalized spacial score (nSPS) is 17.1. The van der Waals surface area contributed by atoms with Crippen molar-refractivity contribution in [3.05, 3.63) is 53.2 Å². The monoisotopic (exact) mass is 326 g/mol. The molecule has 6 heteroatoms. The fourth-order valence-corrected chi connectivity index (χ4v) is 2.84. The maximum Gasteiger partial charge on any atom is 0.254 e. The Kier molecular flexibility index (Phi) is 4.78. The van der Waals surface area contributed by atoms with Gasteiger partial charge in [0.15, 0.2) is 0 Å². The maximum atomic E-state index is 12.5. The first-order chi connectivity index (χ1) is 11.5. The van der Waals surface area contributed by atoms with Crippen LogP contribution in [0.3, 0.4) is 0 Å². The Labute approximate surface area is 141 Å². The predicted octanol–water partition coefficient (Wildman–Crippen LogP) is 1.81. The fourth-order valence-electron chi connectivity index (χ4n) is 2.84. The van der Waals surface area contributed by atoms with E-state index < -0.39 is 0 Å². The number of rotatable bonds is 4. The van der Waals surface area contributed by atoms with Gasteiger partial charge < -0.3 is 21.1 Å². The molecule has 1 aromatic carbocycles. The highest BCUT2D eigenvalue weighted by atomic mass is 16.5. The molecule has 24 heavy (non-hydrogen) atoms. The number of nitrogens with zero attached hydrogens (tertiary/aromatic N) is 2. The molecule has 0 saturated carbocycles. The first-order valence-electron chi connectivity index (χ1n) is 8.05. The quantitative estimate of drug-likeness (QED) is 0.893. The van der Waals surface area contributed by atoms with Crippen molar-refractivity contribution < 1.29 is 9.53 Å². The number of aryl methyl sites for hydroxylation is 1. The minimum absolute atomic E-state index is 0.0201. The molecule has 126 valence electrons. The smallest absolute Gasteiger partial charge is 0.254 e. The number of benzene rings is 1. The van der Waals surface area contributed by atoms with Crippen LogP contribution in [0.15, 0.2) is 36.4 Å². The van der Waals surface area contributed by atoms with E-state index in [1.165, 1.54) is 0 Å². The van der Waals surface area contributed by atoms with Crippen LogP contribution in [-0.4, -0.2) is 34.9 Å². The van der Waals surface area contributed by atoms with Gasteiger partial charge in [0, 0.05) is 43.0 Å². The number of pyridine rings is 1. The number of ether oxygens (including phenoxy) is 1. The van der Waals surface area contributed by atoms with Crippen molar-refractivity contribution in [3.63, 3.8) is 0 Å². The third kappa shape index (κ3) is 3.72. The average Bonchev–Trinajstić information content (AvgIpc) is 3.00. The molecule has 1 aliphatic heterocycles. The average molecular weight is 326 g/mol. The maximum absolute atomic E-state index is 12.5. The van der Waals surface area contributed by atoms with Crippen LogP contribution >= 0.6 is 0 Å². The molecule has 2 heterocycles. The summed E-state index contributed by atoms with van der Waals surface area (Å²) < 4.78 is 5.81. The molecular weight excluding hydrogens is 304 g/mol. The number of likely N-dealkylation sites (tertiary alicyclic amines) is 1. The van der Waals surface area contributed by atoms with Crippen molar-refractivity contribution in [2.45, 2.75) is 25.9 Å². The number of carbonyl (C=O) groups is 1. The first kappa shape index (κ1) is 16.4. The molecule has 0 radical (unpaired) electrons. The van der Waals surface area contributed by atoms with Gasteiger partial charge in [-0.2, -0.15) is 0 Å². The van der Waals surface area contributed by atoms with Gasteiger partial charge in [-0.1, -0.05) is 6.07 Å². The molecule has 3 rings (SSSR count). The van der Waals surface area contributed by atoms with E-state index in [0.717, 1.165) is 17.7 Å². The van der Waals surface area contributed by atoms with Gasteiger partial charge in [-0.3, -0.25) is 4.79 Å². The van der Waals surface area contributed by atoms with E-state index >= 15 is 0 Å². The Balaban J connectivity index is 1.78. The molecule has 1 amide bonds. The lowest BCUT2D eigenvalue weighted by molar-refractivity contribution is 0.0790. The highest BCUT2D eigenvalue weighted by Gasteiger charge is 2.24. The lowest BCUT2D eigenvalue weighted by atomic mass is 10.2. The van der Waals surface area contributed by atoms with Gasteiger partial charge in [-0.15, -0.1) is 0 Å². The molecule has 0 spiro atoms. The van der Waals surface area contributed by atoms with Crippen LogP contribution in [0.2, 0.25) is 0 Å². The summed E-state index contributed by atoms with van der Waals surface area (Å²) in [6, 6.07) is 10.9. The summed E-state index contributed by atoms with van der Waals surface area (Å²) in [7, 11) is 0. The van der Waals surface area contributed by atoms with Gasteiger partial charge in [0.2, 0.25) is 5.88 Å². The summed E-state index contributed by atoms with van der Waals surface area (Å²) in [6.45, 7) is 3.61. The SMILES string of the molecule is Cc1cc(CN)cc(Oc2cccc(C(=O)N3CC[C@@H](N)C3)c2)n1. The first-order valence-corrected chi connectivity index (χ1v) is 8.05. The molecule has 1 fully saturated rings. The number of amides is 1. The summed E-state index contributed by atoms with van der Waals surface area (Å²) in [5.41, 5.74) is 13.9. The Morgan fingerprint density at radius 2 is 2.21 bits per heavy atom. The van der Waals surface area contributed by atoms with Crippen molar-refractivity contribution in [1.82, 2.24) is 9.88 Å². The van der Waals surface area contributed by atoms with E-state index in [2.05, 4.69) is 4.98 Å². The second kappa shape index (κ2) is 6.98. The van der Waals surface area contributed by atoms with E-state index in [1.54, 1.807) is 35.2 Å². The number of carbonyl (C=O) groups excluding carboxylic acids is 1. The van der Waals surface area contributed by atoms with Crippen molar-refractivity contribution >= 4 is 5.91 Å². The summed E-state index contributed by atoms with van der Waals surface area (Å²) in [6.07, 6.45) is 0.844. The van der Waals surface area contributed by atoms with Gasteiger partial charge in [0.05, 0.1) is 0 Å². The van der Waals surface area contributed by atoms with E-state index in [4.69, 9.17) is 16.2 Å². The second-order valence-corrected chi connectivity index (χ2v) is 6.09.